The molecule has 1 aliphatic rings. The van der Waals surface area contributed by atoms with Crippen molar-refractivity contribution < 1.29 is 13.2 Å². The molecule has 1 fully saturated rings. The van der Waals surface area contributed by atoms with Gasteiger partial charge in [0.05, 0.1) is 5.56 Å². The van der Waals surface area contributed by atoms with Crippen molar-refractivity contribution in [3.8, 4) is 0 Å². The summed E-state index contributed by atoms with van der Waals surface area (Å²) < 4.78 is 38.5. The Morgan fingerprint density at radius 1 is 1.32 bits per heavy atom. The first-order valence-corrected chi connectivity index (χ1v) is 7.07. The molecule has 1 heterocycles. The fraction of sp³-hybridized carbons (Fsp3) is 0.538. The van der Waals surface area contributed by atoms with E-state index in [-0.39, 0.29) is 0 Å². The second kappa shape index (κ2) is 6.13. The number of rotatable bonds is 3. The number of nitrogens with one attached hydrogen (secondary N) is 2. The van der Waals surface area contributed by atoms with E-state index in [0.29, 0.717) is 22.6 Å². The molecule has 106 valence electrons. The number of anilines is 1. The van der Waals surface area contributed by atoms with Crippen LogP contribution >= 0.6 is 15.9 Å². The van der Waals surface area contributed by atoms with Crippen LogP contribution in [0.2, 0.25) is 0 Å². The van der Waals surface area contributed by atoms with Gasteiger partial charge in [0.15, 0.2) is 0 Å². The Morgan fingerprint density at radius 3 is 2.74 bits per heavy atom. The smallest absolute Gasteiger partial charge is 0.385 e. The van der Waals surface area contributed by atoms with Crippen molar-refractivity contribution in [3.63, 3.8) is 0 Å². The molecule has 2 N–H and O–H groups in total. The van der Waals surface area contributed by atoms with Crippen molar-refractivity contribution in [2.24, 2.45) is 5.92 Å². The largest absolute Gasteiger partial charge is 0.416 e. The predicted molar refractivity (Wildman–Crippen MR) is 73.2 cm³/mol. The van der Waals surface area contributed by atoms with Crippen LogP contribution in [0.15, 0.2) is 22.7 Å². The lowest BCUT2D eigenvalue weighted by Gasteiger charge is -2.23. The summed E-state index contributed by atoms with van der Waals surface area (Å²) in [4.78, 5) is 0. The minimum absolute atomic E-state index is 0.437. The van der Waals surface area contributed by atoms with Gasteiger partial charge < -0.3 is 10.6 Å². The van der Waals surface area contributed by atoms with Crippen molar-refractivity contribution in [2.75, 3.05) is 25.0 Å². The minimum Gasteiger partial charge on any atom is -0.385 e. The molecule has 6 heteroatoms. The lowest BCUT2D eigenvalue weighted by atomic mass is 9.99. The molecule has 1 aromatic rings. The molecule has 0 aromatic heterocycles. The predicted octanol–water partition coefficient (Wildman–Crippen LogP) is 3.88. The number of benzene rings is 1. The average molecular weight is 337 g/mol. The average Bonchev–Trinajstić information content (AvgIpc) is 2.36. The quantitative estimate of drug-likeness (QED) is 0.875. The third-order valence-corrected chi connectivity index (χ3v) is 3.68. The summed E-state index contributed by atoms with van der Waals surface area (Å²) in [5, 5.41) is 6.39. The standard InChI is InChI=1S/C13H16BrF3N2/c14-11-4-10(13(15,16)17)5-12(6-11)19-8-9-2-1-3-18-7-9/h4-6,9,18-19H,1-3,7-8H2. The van der Waals surface area contributed by atoms with Gasteiger partial charge in [-0.2, -0.15) is 13.2 Å². The second-order valence-electron chi connectivity index (χ2n) is 4.82. The van der Waals surface area contributed by atoms with E-state index in [9.17, 15) is 13.2 Å². The summed E-state index contributed by atoms with van der Waals surface area (Å²) in [6.07, 6.45) is -2.08. The molecule has 2 nitrogen and oxygen atoms in total. The van der Waals surface area contributed by atoms with E-state index in [1.54, 1.807) is 6.07 Å². The molecule has 1 unspecified atom stereocenters. The first-order valence-electron chi connectivity index (χ1n) is 6.27. The Hall–Kier alpha value is -0.750. The lowest BCUT2D eigenvalue weighted by Crippen LogP contribution is -2.33. The molecule has 1 saturated heterocycles. The van der Waals surface area contributed by atoms with Gasteiger partial charge in [0.1, 0.15) is 0 Å². The third-order valence-electron chi connectivity index (χ3n) is 3.22. The van der Waals surface area contributed by atoms with E-state index in [2.05, 4.69) is 26.6 Å². The molecule has 1 aromatic carbocycles. The van der Waals surface area contributed by atoms with E-state index < -0.39 is 11.7 Å². The Labute approximate surface area is 118 Å². The van der Waals surface area contributed by atoms with E-state index in [1.807, 2.05) is 0 Å². The number of halogens is 4. The van der Waals surface area contributed by atoms with E-state index in [4.69, 9.17) is 0 Å². The van der Waals surface area contributed by atoms with E-state index >= 15 is 0 Å². The van der Waals surface area contributed by atoms with Crippen LogP contribution in [-0.2, 0) is 6.18 Å². The van der Waals surface area contributed by atoms with Crippen LogP contribution in [0.1, 0.15) is 18.4 Å². The van der Waals surface area contributed by atoms with Crippen molar-refractivity contribution in [1.82, 2.24) is 5.32 Å². The topological polar surface area (TPSA) is 24.1 Å². The van der Waals surface area contributed by atoms with Crippen LogP contribution in [0.5, 0.6) is 0 Å². The number of piperidine rings is 1. The van der Waals surface area contributed by atoms with Gasteiger partial charge in [-0.05, 0) is 50.0 Å². The van der Waals surface area contributed by atoms with Gasteiger partial charge in [0.25, 0.3) is 0 Å². The molecule has 0 bridgehead atoms. The van der Waals surface area contributed by atoms with Crippen molar-refractivity contribution in [2.45, 2.75) is 19.0 Å². The molecule has 0 saturated carbocycles. The zero-order valence-electron chi connectivity index (χ0n) is 10.4. The van der Waals surface area contributed by atoms with E-state index in [1.165, 1.54) is 0 Å². The molecule has 1 aliphatic heterocycles. The van der Waals surface area contributed by atoms with Gasteiger partial charge in [0, 0.05) is 16.7 Å². The van der Waals surface area contributed by atoms with Crippen molar-refractivity contribution in [3.05, 3.63) is 28.2 Å². The van der Waals surface area contributed by atoms with Crippen LogP contribution in [0.25, 0.3) is 0 Å². The molecule has 2 rings (SSSR count). The summed E-state index contributed by atoms with van der Waals surface area (Å²) in [5.74, 6) is 0.474. The second-order valence-corrected chi connectivity index (χ2v) is 5.74. The highest BCUT2D eigenvalue weighted by Gasteiger charge is 2.31. The maximum atomic E-state index is 12.7. The molecule has 0 amide bonds. The van der Waals surface area contributed by atoms with Crippen molar-refractivity contribution >= 4 is 21.6 Å². The highest BCUT2D eigenvalue weighted by molar-refractivity contribution is 9.10. The van der Waals surface area contributed by atoms with Crippen LogP contribution < -0.4 is 10.6 Å². The number of hydrogen-bond donors (Lipinski definition) is 2. The fourth-order valence-electron chi connectivity index (χ4n) is 2.22. The van der Waals surface area contributed by atoms with Gasteiger partial charge in [-0.1, -0.05) is 15.9 Å². The maximum absolute atomic E-state index is 12.7. The normalized spacial score (nSPS) is 20.3. The molecule has 0 aliphatic carbocycles. The first-order chi connectivity index (χ1) is 8.95. The SMILES string of the molecule is FC(F)(F)c1cc(Br)cc(NCC2CCCNC2)c1. The van der Waals surface area contributed by atoms with Crippen molar-refractivity contribution in [1.29, 1.82) is 0 Å². The van der Waals surface area contributed by atoms with Crippen LogP contribution in [0, 0.1) is 5.92 Å². The van der Waals surface area contributed by atoms with Gasteiger partial charge in [-0.25, -0.2) is 0 Å². The monoisotopic (exact) mass is 336 g/mol. The fourth-order valence-corrected chi connectivity index (χ4v) is 2.71. The number of hydrogen-bond acceptors (Lipinski definition) is 2. The summed E-state index contributed by atoms with van der Waals surface area (Å²) >= 11 is 3.12. The first kappa shape index (κ1) is 14.7. The summed E-state index contributed by atoms with van der Waals surface area (Å²) in [6, 6.07) is 3.92. The molecular weight excluding hydrogens is 321 g/mol. The van der Waals surface area contributed by atoms with Gasteiger partial charge in [0.2, 0.25) is 0 Å². The molecular formula is C13H16BrF3N2. The summed E-state index contributed by atoms with van der Waals surface area (Å²) in [5.41, 5.74) is -0.126. The molecule has 19 heavy (non-hydrogen) atoms. The highest BCUT2D eigenvalue weighted by Crippen LogP contribution is 2.33. The molecule has 1 atom stereocenters. The third kappa shape index (κ3) is 4.38. The van der Waals surface area contributed by atoms with Gasteiger partial charge in [-0.3, -0.25) is 0 Å². The maximum Gasteiger partial charge on any atom is 0.416 e. The molecule has 0 radical (unpaired) electrons. The van der Waals surface area contributed by atoms with Crippen LogP contribution in [0.3, 0.4) is 0 Å². The minimum atomic E-state index is -4.31. The van der Waals surface area contributed by atoms with Crippen LogP contribution in [0.4, 0.5) is 18.9 Å². The lowest BCUT2D eigenvalue weighted by molar-refractivity contribution is -0.137. The Balaban J connectivity index is 2.01. The van der Waals surface area contributed by atoms with E-state index in [0.717, 1.165) is 38.1 Å². The number of alkyl halides is 3. The van der Waals surface area contributed by atoms with Gasteiger partial charge >= 0.3 is 6.18 Å². The van der Waals surface area contributed by atoms with Gasteiger partial charge in [-0.15, -0.1) is 0 Å². The summed E-state index contributed by atoms with van der Waals surface area (Å²) in [6.45, 7) is 2.65. The highest BCUT2D eigenvalue weighted by atomic mass is 79.9. The molecule has 0 spiro atoms. The summed E-state index contributed by atoms with van der Waals surface area (Å²) in [7, 11) is 0. The van der Waals surface area contributed by atoms with Crippen LogP contribution in [-0.4, -0.2) is 19.6 Å². The Bertz CT molecular complexity index is 428. The zero-order chi connectivity index (χ0) is 13.9. The zero-order valence-corrected chi connectivity index (χ0v) is 11.9. The Kier molecular flexibility index (Phi) is 4.73. The Morgan fingerprint density at radius 2 is 2.11 bits per heavy atom.